The van der Waals surface area contributed by atoms with Crippen molar-refractivity contribution in [1.29, 1.82) is 0 Å². The smallest absolute Gasteiger partial charge is 0.252 e. The Morgan fingerprint density at radius 3 is 2.05 bits per heavy atom. The molecular formula is C14H20O8. The number of aliphatic hydroxyl groups excluding tert-OH is 1. The monoisotopic (exact) mass is 316 g/mol. The van der Waals surface area contributed by atoms with E-state index in [0.29, 0.717) is 22.8 Å². The van der Waals surface area contributed by atoms with Gasteiger partial charge in [0, 0.05) is 7.11 Å². The minimum Gasteiger partial charge on any atom is -0.493 e. The average Bonchev–Trinajstić information content (AvgIpc) is 3.14. The standard InChI is InChI=1S/C14H20O8/c1-17-7-21-12(14(16)13(15)22-14)8-5-9(18-2)11(20-4)10(6-8)19-3/h5-6,12-13,15-16H,7H2,1-4H3/t12-,13?,14-/m0/s1. The molecule has 124 valence electrons. The first kappa shape index (κ1) is 16.8. The molecule has 0 spiro atoms. The molecule has 0 aliphatic carbocycles. The number of aliphatic hydroxyl groups is 2. The topological polar surface area (TPSA) is 99.1 Å². The van der Waals surface area contributed by atoms with E-state index < -0.39 is 18.2 Å². The second-order valence-electron chi connectivity index (χ2n) is 4.63. The van der Waals surface area contributed by atoms with Crippen LogP contribution in [0, 0.1) is 0 Å². The van der Waals surface area contributed by atoms with Crippen LogP contribution < -0.4 is 14.2 Å². The van der Waals surface area contributed by atoms with Crippen molar-refractivity contribution < 1.29 is 38.6 Å². The van der Waals surface area contributed by atoms with Crippen molar-refractivity contribution in [2.75, 3.05) is 35.2 Å². The Bertz CT molecular complexity index is 495. The summed E-state index contributed by atoms with van der Waals surface area (Å²) in [6.45, 7) is -0.0975. The summed E-state index contributed by atoms with van der Waals surface area (Å²) in [7, 11) is 5.88. The first-order valence-corrected chi connectivity index (χ1v) is 6.50. The molecule has 1 saturated heterocycles. The number of hydrogen-bond acceptors (Lipinski definition) is 8. The lowest BCUT2D eigenvalue weighted by Gasteiger charge is -2.22. The molecule has 8 heteroatoms. The molecule has 2 rings (SSSR count). The molecule has 0 radical (unpaired) electrons. The number of ether oxygens (including phenoxy) is 6. The van der Waals surface area contributed by atoms with E-state index in [4.69, 9.17) is 28.4 Å². The average molecular weight is 316 g/mol. The van der Waals surface area contributed by atoms with Gasteiger partial charge in [-0.15, -0.1) is 0 Å². The van der Waals surface area contributed by atoms with Crippen molar-refractivity contribution in [2.45, 2.75) is 18.2 Å². The van der Waals surface area contributed by atoms with E-state index in [1.807, 2.05) is 0 Å². The van der Waals surface area contributed by atoms with E-state index >= 15 is 0 Å². The largest absolute Gasteiger partial charge is 0.493 e. The van der Waals surface area contributed by atoms with Gasteiger partial charge in [0.05, 0.1) is 21.3 Å². The quantitative estimate of drug-likeness (QED) is 0.525. The third kappa shape index (κ3) is 2.96. The van der Waals surface area contributed by atoms with Crippen LogP contribution in [0.2, 0.25) is 0 Å². The van der Waals surface area contributed by atoms with Crippen molar-refractivity contribution in [3.05, 3.63) is 17.7 Å². The number of epoxide rings is 1. The zero-order valence-electron chi connectivity index (χ0n) is 12.9. The molecular weight excluding hydrogens is 296 g/mol. The normalized spacial score (nSPS) is 24.7. The van der Waals surface area contributed by atoms with Crippen molar-refractivity contribution in [3.63, 3.8) is 0 Å². The summed E-state index contributed by atoms with van der Waals surface area (Å²) in [4.78, 5) is 0. The summed E-state index contributed by atoms with van der Waals surface area (Å²) >= 11 is 0. The fraction of sp³-hybridized carbons (Fsp3) is 0.571. The minimum atomic E-state index is -1.84. The van der Waals surface area contributed by atoms with Crippen molar-refractivity contribution in [3.8, 4) is 17.2 Å². The maximum atomic E-state index is 10.2. The summed E-state index contributed by atoms with van der Waals surface area (Å²) in [5.41, 5.74) is 0.477. The third-order valence-electron chi connectivity index (χ3n) is 3.32. The molecule has 1 aromatic rings. The molecule has 0 bridgehead atoms. The van der Waals surface area contributed by atoms with Gasteiger partial charge >= 0.3 is 0 Å². The van der Waals surface area contributed by atoms with Gasteiger partial charge in [0.15, 0.2) is 11.5 Å². The van der Waals surface area contributed by atoms with E-state index in [1.54, 1.807) is 12.1 Å². The first-order chi connectivity index (χ1) is 10.5. The summed E-state index contributed by atoms with van der Waals surface area (Å²) in [6.07, 6.45) is -2.33. The molecule has 1 fully saturated rings. The highest BCUT2D eigenvalue weighted by Gasteiger charge is 2.62. The van der Waals surface area contributed by atoms with E-state index in [0.717, 1.165) is 0 Å². The molecule has 1 heterocycles. The van der Waals surface area contributed by atoms with Crippen LogP contribution in [0.25, 0.3) is 0 Å². The molecule has 1 aliphatic heterocycles. The van der Waals surface area contributed by atoms with Crippen LogP contribution >= 0.6 is 0 Å². The minimum absolute atomic E-state index is 0.0975. The Kier molecular flexibility index (Phi) is 5.09. The van der Waals surface area contributed by atoms with Gasteiger partial charge in [-0.3, -0.25) is 0 Å². The number of methoxy groups -OCH3 is 4. The zero-order valence-corrected chi connectivity index (χ0v) is 12.9. The molecule has 1 aromatic carbocycles. The second-order valence-corrected chi connectivity index (χ2v) is 4.63. The highest BCUT2D eigenvalue weighted by molar-refractivity contribution is 5.54. The van der Waals surface area contributed by atoms with Gasteiger partial charge in [-0.2, -0.15) is 0 Å². The van der Waals surface area contributed by atoms with E-state index in [-0.39, 0.29) is 6.79 Å². The maximum absolute atomic E-state index is 10.2. The first-order valence-electron chi connectivity index (χ1n) is 6.50. The molecule has 0 aromatic heterocycles. The van der Waals surface area contributed by atoms with Gasteiger partial charge in [-0.1, -0.05) is 0 Å². The molecule has 8 nitrogen and oxygen atoms in total. The summed E-state index contributed by atoms with van der Waals surface area (Å²) < 4.78 is 30.9. The van der Waals surface area contributed by atoms with Gasteiger partial charge in [-0.25, -0.2) is 0 Å². The number of hydrogen-bond donors (Lipinski definition) is 2. The fourth-order valence-corrected chi connectivity index (χ4v) is 2.18. The Morgan fingerprint density at radius 2 is 1.68 bits per heavy atom. The molecule has 22 heavy (non-hydrogen) atoms. The molecule has 0 saturated carbocycles. The predicted molar refractivity (Wildman–Crippen MR) is 73.8 cm³/mol. The molecule has 1 aliphatic rings. The highest BCUT2D eigenvalue weighted by Crippen LogP contribution is 2.48. The van der Waals surface area contributed by atoms with E-state index in [1.165, 1.54) is 28.4 Å². The van der Waals surface area contributed by atoms with Crippen LogP contribution in [-0.4, -0.2) is 57.5 Å². The van der Waals surface area contributed by atoms with Crippen molar-refractivity contribution >= 4 is 0 Å². The van der Waals surface area contributed by atoms with Gasteiger partial charge in [0.25, 0.3) is 5.79 Å². The maximum Gasteiger partial charge on any atom is 0.252 e. The van der Waals surface area contributed by atoms with Crippen LogP contribution in [0.3, 0.4) is 0 Å². The summed E-state index contributed by atoms with van der Waals surface area (Å²) in [5, 5.41) is 19.7. The number of rotatable bonds is 8. The Labute approximate surface area is 128 Å². The van der Waals surface area contributed by atoms with Gasteiger partial charge in [0.1, 0.15) is 12.9 Å². The molecule has 2 N–H and O–H groups in total. The Balaban J connectivity index is 2.43. The highest BCUT2D eigenvalue weighted by atomic mass is 16.8. The van der Waals surface area contributed by atoms with E-state index in [9.17, 15) is 10.2 Å². The molecule has 3 atom stereocenters. The summed E-state index contributed by atoms with van der Waals surface area (Å²) in [6, 6.07) is 3.21. The Hall–Kier alpha value is -1.58. The summed E-state index contributed by atoms with van der Waals surface area (Å²) in [5.74, 6) is -0.657. The van der Waals surface area contributed by atoms with Crippen LogP contribution in [0.15, 0.2) is 12.1 Å². The molecule has 0 amide bonds. The number of benzene rings is 1. The third-order valence-corrected chi connectivity index (χ3v) is 3.32. The lowest BCUT2D eigenvalue weighted by Crippen LogP contribution is -2.28. The van der Waals surface area contributed by atoms with Gasteiger partial charge in [-0.05, 0) is 17.7 Å². The lowest BCUT2D eigenvalue weighted by molar-refractivity contribution is -0.156. The Morgan fingerprint density at radius 1 is 1.14 bits per heavy atom. The second kappa shape index (κ2) is 6.67. The van der Waals surface area contributed by atoms with Gasteiger partial charge in [0.2, 0.25) is 12.0 Å². The van der Waals surface area contributed by atoms with Crippen molar-refractivity contribution in [1.82, 2.24) is 0 Å². The van der Waals surface area contributed by atoms with Crippen LogP contribution in [0.1, 0.15) is 11.7 Å². The SMILES string of the molecule is COCO[C@@H](c1cc(OC)c(OC)c(OC)c1)[C@]1(O)OC1O. The van der Waals surface area contributed by atoms with Gasteiger partial charge < -0.3 is 38.6 Å². The molecule has 1 unspecified atom stereocenters. The zero-order chi connectivity index (χ0) is 16.3. The van der Waals surface area contributed by atoms with Crippen LogP contribution in [-0.2, 0) is 14.2 Å². The fourth-order valence-electron chi connectivity index (χ4n) is 2.18. The van der Waals surface area contributed by atoms with Crippen LogP contribution in [0.4, 0.5) is 0 Å². The van der Waals surface area contributed by atoms with Crippen molar-refractivity contribution in [2.24, 2.45) is 0 Å². The van der Waals surface area contributed by atoms with E-state index in [2.05, 4.69) is 0 Å². The lowest BCUT2D eigenvalue weighted by atomic mass is 10.0. The predicted octanol–water partition coefficient (Wildman–Crippen LogP) is 0.411. The van der Waals surface area contributed by atoms with Crippen LogP contribution in [0.5, 0.6) is 17.2 Å².